The summed E-state index contributed by atoms with van der Waals surface area (Å²) in [5, 5.41) is 17.4. The third kappa shape index (κ3) is 2.72. The number of rotatable bonds is 4. The first-order chi connectivity index (χ1) is 9.11. The Bertz CT molecular complexity index is 657. The van der Waals surface area contributed by atoms with E-state index >= 15 is 0 Å². The van der Waals surface area contributed by atoms with Crippen LogP contribution in [0.25, 0.3) is 0 Å². The molecule has 0 unspecified atom stereocenters. The number of hydrogen-bond donors (Lipinski definition) is 1. The third-order valence-electron chi connectivity index (χ3n) is 2.40. The van der Waals surface area contributed by atoms with Crippen molar-refractivity contribution in [3.05, 3.63) is 53.2 Å². The predicted octanol–water partition coefficient (Wildman–Crippen LogP) is 2.57. The van der Waals surface area contributed by atoms with Gasteiger partial charge in [-0.2, -0.15) is 5.26 Å². The van der Waals surface area contributed by atoms with Gasteiger partial charge in [-0.25, -0.2) is 9.18 Å². The summed E-state index contributed by atoms with van der Waals surface area (Å²) < 4.78 is 23.6. The molecule has 0 fully saturated rings. The molecule has 19 heavy (non-hydrogen) atoms. The zero-order valence-electron chi connectivity index (χ0n) is 9.59. The summed E-state index contributed by atoms with van der Waals surface area (Å²) in [6.45, 7) is -0.211. The van der Waals surface area contributed by atoms with E-state index in [2.05, 4.69) is 0 Å². The lowest BCUT2D eigenvalue weighted by Crippen LogP contribution is -2.03. The number of carbonyl (C=O) groups is 1. The molecule has 1 aromatic heterocycles. The predicted molar refractivity (Wildman–Crippen MR) is 61.1 cm³/mol. The molecule has 0 saturated heterocycles. The Kier molecular flexibility index (Phi) is 3.48. The molecule has 0 bridgehead atoms. The molecule has 0 aliphatic heterocycles. The number of nitriles is 1. The molecule has 5 nitrogen and oxygen atoms in total. The van der Waals surface area contributed by atoms with Crippen LogP contribution in [0.4, 0.5) is 4.39 Å². The number of carboxylic acid groups (broad SMARTS) is 1. The molecule has 0 radical (unpaired) electrons. The second kappa shape index (κ2) is 5.23. The van der Waals surface area contributed by atoms with E-state index in [-0.39, 0.29) is 29.2 Å². The average Bonchev–Trinajstić information content (AvgIpc) is 2.85. The van der Waals surface area contributed by atoms with Crippen LogP contribution in [0, 0.1) is 17.1 Å². The maximum Gasteiger partial charge on any atom is 0.339 e. The van der Waals surface area contributed by atoms with Crippen molar-refractivity contribution in [1.29, 1.82) is 5.26 Å². The number of halogens is 1. The van der Waals surface area contributed by atoms with E-state index in [1.54, 1.807) is 6.07 Å². The van der Waals surface area contributed by atoms with E-state index in [1.165, 1.54) is 24.5 Å². The summed E-state index contributed by atoms with van der Waals surface area (Å²) in [5.74, 6) is -1.82. The fourth-order valence-corrected chi connectivity index (χ4v) is 1.47. The Morgan fingerprint density at radius 3 is 2.89 bits per heavy atom. The number of nitrogens with zero attached hydrogens (tertiary/aromatic N) is 1. The van der Waals surface area contributed by atoms with Crippen LogP contribution >= 0.6 is 0 Å². The number of ether oxygens (including phenoxy) is 1. The monoisotopic (exact) mass is 261 g/mol. The second-order valence-electron chi connectivity index (χ2n) is 3.61. The highest BCUT2D eigenvalue weighted by molar-refractivity contribution is 5.88. The molecule has 0 spiro atoms. The van der Waals surface area contributed by atoms with E-state index in [9.17, 15) is 9.18 Å². The highest BCUT2D eigenvalue weighted by Gasteiger charge is 2.14. The number of hydrogen-bond acceptors (Lipinski definition) is 4. The first kappa shape index (κ1) is 12.6. The van der Waals surface area contributed by atoms with Crippen molar-refractivity contribution in [1.82, 2.24) is 0 Å². The van der Waals surface area contributed by atoms with Crippen molar-refractivity contribution in [3.8, 4) is 11.8 Å². The summed E-state index contributed by atoms with van der Waals surface area (Å²) >= 11 is 0. The lowest BCUT2D eigenvalue weighted by atomic mass is 10.2. The van der Waals surface area contributed by atoms with E-state index < -0.39 is 11.8 Å². The van der Waals surface area contributed by atoms with Gasteiger partial charge in [-0.05, 0) is 24.3 Å². The molecule has 0 amide bonds. The van der Waals surface area contributed by atoms with Gasteiger partial charge in [-0.15, -0.1) is 0 Å². The van der Waals surface area contributed by atoms with Gasteiger partial charge in [-0.1, -0.05) is 0 Å². The van der Waals surface area contributed by atoms with Gasteiger partial charge in [-0.3, -0.25) is 0 Å². The summed E-state index contributed by atoms with van der Waals surface area (Å²) in [6, 6.07) is 6.83. The molecule has 1 aromatic carbocycles. The first-order valence-corrected chi connectivity index (χ1v) is 5.24. The maximum absolute atomic E-state index is 13.5. The zero-order valence-corrected chi connectivity index (χ0v) is 9.59. The van der Waals surface area contributed by atoms with E-state index in [0.29, 0.717) is 0 Å². The number of aromatic carboxylic acids is 1. The highest BCUT2D eigenvalue weighted by atomic mass is 19.1. The zero-order chi connectivity index (χ0) is 13.8. The molecule has 2 aromatic rings. The van der Waals surface area contributed by atoms with Gasteiger partial charge in [0.2, 0.25) is 0 Å². The summed E-state index contributed by atoms with van der Waals surface area (Å²) in [7, 11) is 0. The minimum atomic E-state index is -1.15. The first-order valence-electron chi connectivity index (χ1n) is 5.24. The average molecular weight is 261 g/mol. The van der Waals surface area contributed by atoms with Crippen LogP contribution in [0.2, 0.25) is 0 Å². The lowest BCUT2D eigenvalue weighted by molar-refractivity contribution is 0.0691. The van der Waals surface area contributed by atoms with Crippen LogP contribution in [0.15, 0.2) is 34.9 Å². The lowest BCUT2D eigenvalue weighted by Gasteiger charge is -2.06. The van der Waals surface area contributed by atoms with Crippen LogP contribution in [-0.2, 0) is 6.61 Å². The number of carboxylic acids is 1. The molecular weight excluding hydrogens is 253 g/mol. The van der Waals surface area contributed by atoms with Crippen LogP contribution in [-0.4, -0.2) is 11.1 Å². The van der Waals surface area contributed by atoms with Gasteiger partial charge in [0, 0.05) is 0 Å². The van der Waals surface area contributed by atoms with Gasteiger partial charge in [0.05, 0.1) is 17.9 Å². The molecular formula is C13H8FNO4. The van der Waals surface area contributed by atoms with Crippen molar-refractivity contribution in [2.45, 2.75) is 6.61 Å². The van der Waals surface area contributed by atoms with Crippen LogP contribution in [0.1, 0.15) is 21.7 Å². The molecule has 0 atom stereocenters. The highest BCUT2D eigenvalue weighted by Crippen LogP contribution is 2.20. The van der Waals surface area contributed by atoms with Crippen molar-refractivity contribution < 1.29 is 23.4 Å². The summed E-state index contributed by atoms with van der Waals surface area (Å²) in [6.07, 6.45) is 1.22. The van der Waals surface area contributed by atoms with Crippen molar-refractivity contribution in [3.63, 3.8) is 0 Å². The number of benzene rings is 1. The van der Waals surface area contributed by atoms with E-state index in [1.807, 2.05) is 0 Å². The Morgan fingerprint density at radius 1 is 1.47 bits per heavy atom. The molecule has 2 rings (SSSR count). The Morgan fingerprint density at radius 2 is 2.26 bits per heavy atom. The Hall–Kier alpha value is -2.81. The van der Waals surface area contributed by atoms with Gasteiger partial charge in [0.15, 0.2) is 17.3 Å². The molecule has 6 heteroatoms. The van der Waals surface area contributed by atoms with E-state index in [0.717, 1.165) is 6.07 Å². The standard InChI is InChI=1S/C13H8FNO4/c14-10-5-8(6-15)1-2-11(10)19-7-12-9(13(16)17)3-4-18-12/h1-5H,7H2,(H,16,17). The normalized spacial score (nSPS) is 9.89. The quantitative estimate of drug-likeness (QED) is 0.914. The molecule has 96 valence electrons. The SMILES string of the molecule is N#Cc1ccc(OCc2occc2C(=O)O)c(F)c1. The fourth-order valence-electron chi connectivity index (χ4n) is 1.47. The fraction of sp³-hybridized carbons (Fsp3) is 0.0769. The van der Waals surface area contributed by atoms with Crippen LogP contribution < -0.4 is 4.74 Å². The minimum Gasteiger partial charge on any atom is -0.483 e. The van der Waals surface area contributed by atoms with Gasteiger partial charge < -0.3 is 14.3 Å². The van der Waals surface area contributed by atoms with Crippen molar-refractivity contribution in [2.75, 3.05) is 0 Å². The molecule has 0 aliphatic carbocycles. The molecule has 0 aliphatic rings. The Balaban J connectivity index is 2.13. The molecule has 1 heterocycles. The largest absolute Gasteiger partial charge is 0.483 e. The van der Waals surface area contributed by atoms with E-state index in [4.69, 9.17) is 19.5 Å². The van der Waals surface area contributed by atoms with Crippen molar-refractivity contribution >= 4 is 5.97 Å². The molecule has 0 saturated carbocycles. The maximum atomic E-state index is 13.5. The third-order valence-corrected chi connectivity index (χ3v) is 2.40. The summed E-state index contributed by atoms with van der Waals surface area (Å²) in [5.41, 5.74) is 0.142. The number of furan rings is 1. The summed E-state index contributed by atoms with van der Waals surface area (Å²) in [4.78, 5) is 10.8. The molecule has 1 N–H and O–H groups in total. The van der Waals surface area contributed by atoms with Crippen LogP contribution in [0.5, 0.6) is 5.75 Å². The van der Waals surface area contributed by atoms with Crippen molar-refractivity contribution in [2.24, 2.45) is 0 Å². The van der Waals surface area contributed by atoms with Gasteiger partial charge in [0.1, 0.15) is 12.2 Å². The Labute approximate surface area is 107 Å². The second-order valence-corrected chi connectivity index (χ2v) is 3.61. The minimum absolute atomic E-state index is 0.0333. The smallest absolute Gasteiger partial charge is 0.339 e. The van der Waals surface area contributed by atoms with Gasteiger partial charge >= 0.3 is 5.97 Å². The topological polar surface area (TPSA) is 83.5 Å². The van der Waals surface area contributed by atoms with Gasteiger partial charge in [0.25, 0.3) is 0 Å². The van der Waals surface area contributed by atoms with Crippen LogP contribution in [0.3, 0.4) is 0 Å².